The van der Waals surface area contributed by atoms with Crippen LogP contribution in [0.4, 0.5) is 5.82 Å². The average molecular weight is 192 g/mol. The Kier molecular flexibility index (Phi) is 2.37. The lowest BCUT2D eigenvalue weighted by molar-refractivity contribution is 0.265. The van der Waals surface area contributed by atoms with E-state index in [1.807, 2.05) is 13.0 Å². The number of hydrogen-bond acceptors (Lipinski definition) is 4. The van der Waals surface area contributed by atoms with Gasteiger partial charge < -0.3 is 11.1 Å². The number of hydrogen-bond donors (Lipinski definition) is 2. The summed E-state index contributed by atoms with van der Waals surface area (Å²) < 4.78 is 0. The number of nitrogens with one attached hydrogen (secondary N) is 1. The third kappa shape index (κ3) is 2.01. The molecule has 0 aromatic carbocycles. The molecule has 1 aliphatic carbocycles. The fourth-order valence-electron chi connectivity index (χ4n) is 1.62. The zero-order valence-corrected chi connectivity index (χ0v) is 8.45. The van der Waals surface area contributed by atoms with Crippen molar-refractivity contribution < 1.29 is 0 Å². The van der Waals surface area contributed by atoms with Crippen molar-refractivity contribution in [2.45, 2.75) is 31.7 Å². The molecule has 0 amide bonds. The van der Waals surface area contributed by atoms with Crippen LogP contribution in [0.1, 0.15) is 24.8 Å². The van der Waals surface area contributed by atoms with Crippen molar-refractivity contribution in [2.24, 2.45) is 5.73 Å². The molecule has 1 aromatic rings. The maximum atomic E-state index is 6.08. The van der Waals surface area contributed by atoms with Crippen LogP contribution >= 0.6 is 0 Å². The van der Waals surface area contributed by atoms with Crippen LogP contribution in [-0.4, -0.2) is 22.3 Å². The highest BCUT2D eigenvalue weighted by atomic mass is 15.2. The predicted octanol–water partition coefficient (Wildman–Crippen LogP) is 1.08. The quantitative estimate of drug-likeness (QED) is 0.752. The number of nitrogens with two attached hydrogens (primary N) is 1. The van der Waals surface area contributed by atoms with Gasteiger partial charge in [0.1, 0.15) is 5.82 Å². The first-order valence-electron chi connectivity index (χ1n) is 5.00. The van der Waals surface area contributed by atoms with Crippen LogP contribution in [-0.2, 0) is 0 Å². The van der Waals surface area contributed by atoms with Gasteiger partial charge in [0.25, 0.3) is 0 Å². The minimum Gasteiger partial charge on any atom is -0.367 e. The Labute approximate surface area is 83.9 Å². The van der Waals surface area contributed by atoms with Crippen LogP contribution in [0.2, 0.25) is 0 Å². The number of nitrogens with zero attached hydrogens (tertiary/aromatic N) is 2. The first-order valence-corrected chi connectivity index (χ1v) is 5.00. The molecule has 1 aromatic heterocycles. The van der Waals surface area contributed by atoms with E-state index in [0.29, 0.717) is 0 Å². The third-order valence-corrected chi connectivity index (χ3v) is 2.76. The third-order valence-electron chi connectivity index (χ3n) is 2.76. The Balaban J connectivity index is 1.91. The molecule has 76 valence electrons. The van der Waals surface area contributed by atoms with Crippen molar-refractivity contribution in [1.82, 2.24) is 10.2 Å². The van der Waals surface area contributed by atoms with Gasteiger partial charge in [-0.15, -0.1) is 5.10 Å². The first kappa shape index (κ1) is 9.40. The Morgan fingerprint density at radius 2 is 2.36 bits per heavy atom. The molecule has 1 heterocycles. The monoisotopic (exact) mass is 192 g/mol. The van der Waals surface area contributed by atoms with Crippen molar-refractivity contribution in [2.75, 3.05) is 11.9 Å². The van der Waals surface area contributed by atoms with Gasteiger partial charge in [-0.25, -0.2) is 0 Å². The highest BCUT2D eigenvalue weighted by Crippen LogP contribution is 2.28. The maximum Gasteiger partial charge on any atom is 0.148 e. The summed E-state index contributed by atoms with van der Waals surface area (Å²) in [4.78, 5) is 0. The zero-order chi connectivity index (χ0) is 10.0. The van der Waals surface area contributed by atoms with Crippen LogP contribution in [0.25, 0.3) is 0 Å². The van der Waals surface area contributed by atoms with Crippen molar-refractivity contribution in [3.05, 3.63) is 17.8 Å². The Bertz CT molecular complexity index is 320. The fraction of sp³-hybridized carbons (Fsp3) is 0.600. The van der Waals surface area contributed by atoms with Crippen LogP contribution in [0.5, 0.6) is 0 Å². The Hall–Kier alpha value is -1.16. The van der Waals surface area contributed by atoms with E-state index in [-0.39, 0.29) is 5.54 Å². The summed E-state index contributed by atoms with van der Waals surface area (Å²) in [6, 6.07) is 1.98. The van der Waals surface area contributed by atoms with Crippen molar-refractivity contribution in [1.29, 1.82) is 0 Å². The van der Waals surface area contributed by atoms with Gasteiger partial charge in [-0.2, -0.15) is 5.10 Å². The summed E-state index contributed by atoms with van der Waals surface area (Å²) >= 11 is 0. The van der Waals surface area contributed by atoms with E-state index in [1.54, 1.807) is 6.20 Å². The highest BCUT2D eigenvalue weighted by Gasteiger charge is 2.32. The number of anilines is 1. The van der Waals surface area contributed by atoms with Crippen LogP contribution < -0.4 is 11.1 Å². The topological polar surface area (TPSA) is 63.8 Å². The van der Waals surface area contributed by atoms with Gasteiger partial charge in [0.2, 0.25) is 0 Å². The summed E-state index contributed by atoms with van der Waals surface area (Å²) in [6.45, 7) is 2.80. The normalized spacial score (nSPS) is 18.7. The molecule has 4 nitrogen and oxygen atoms in total. The Morgan fingerprint density at radius 1 is 1.57 bits per heavy atom. The van der Waals surface area contributed by atoms with Gasteiger partial charge >= 0.3 is 0 Å². The van der Waals surface area contributed by atoms with E-state index in [9.17, 15) is 0 Å². The van der Waals surface area contributed by atoms with Crippen LogP contribution in [0.15, 0.2) is 12.3 Å². The summed E-state index contributed by atoms with van der Waals surface area (Å²) in [5.74, 6) is 0.821. The predicted molar refractivity (Wildman–Crippen MR) is 56.0 cm³/mol. The molecule has 0 atom stereocenters. The molecule has 2 rings (SSSR count). The van der Waals surface area contributed by atoms with E-state index in [0.717, 1.165) is 30.8 Å². The van der Waals surface area contributed by atoms with Crippen molar-refractivity contribution in [3.8, 4) is 0 Å². The lowest BCUT2D eigenvalue weighted by atomic mass is 9.78. The second kappa shape index (κ2) is 3.53. The van der Waals surface area contributed by atoms with Gasteiger partial charge in [-0.1, -0.05) is 0 Å². The Morgan fingerprint density at radius 3 is 2.93 bits per heavy atom. The molecule has 0 radical (unpaired) electrons. The minimum absolute atomic E-state index is 0.00851. The maximum absolute atomic E-state index is 6.08. The number of rotatable bonds is 3. The van der Waals surface area contributed by atoms with E-state index >= 15 is 0 Å². The molecule has 1 saturated carbocycles. The molecule has 3 N–H and O–H groups in total. The van der Waals surface area contributed by atoms with Gasteiger partial charge in [-0.3, -0.25) is 0 Å². The van der Waals surface area contributed by atoms with Gasteiger partial charge in [0.05, 0.1) is 6.20 Å². The zero-order valence-electron chi connectivity index (χ0n) is 8.45. The number of aryl methyl sites for hydroxylation is 1. The van der Waals surface area contributed by atoms with Crippen molar-refractivity contribution >= 4 is 5.82 Å². The second-order valence-electron chi connectivity index (χ2n) is 4.19. The molecule has 0 bridgehead atoms. The second-order valence-corrected chi connectivity index (χ2v) is 4.19. The first-order chi connectivity index (χ1) is 6.68. The van der Waals surface area contributed by atoms with Gasteiger partial charge in [0, 0.05) is 12.1 Å². The summed E-state index contributed by atoms with van der Waals surface area (Å²) in [7, 11) is 0. The van der Waals surface area contributed by atoms with E-state index in [2.05, 4.69) is 15.5 Å². The standard InChI is InChI=1S/C10H16N4/c1-8-5-9(14-13-6-8)12-7-10(11)3-2-4-10/h5-6H,2-4,7,11H2,1H3,(H,12,14). The molecule has 1 fully saturated rings. The fourth-order valence-corrected chi connectivity index (χ4v) is 1.62. The molecule has 0 unspecified atom stereocenters. The molecule has 0 aliphatic heterocycles. The molecular formula is C10H16N4. The van der Waals surface area contributed by atoms with Crippen LogP contribution in [0, 0.1) is 6.92 Å². The van der Waals surface area contributed by atoms with E-state index in [4.69, 9.17) is 5.73 Å². The lowest BCUT2D eigenvalue weighted by Crippen LogP contribution is -2.52. The van der Waals surface area contributed by atoms with Gasteiger partial charge in [0.15, 0.2) is 0 Å². The minimum atomic E-state index is -0.00851. The van der Waals surface area contributed by atoms with Gasteiger partial charge in [-0.05, 0) is 37.8 Å². The average Bonchev–Trinajstić information content (AvgIpc) is 2.12. The van der Waals surface area contributed by atoms with Crippen LogP contribution in [0.3, 0.4) is 0 Å². The smallest absolute Gasteiger partial charge is 0.148 e. The van der Waals surface area contributed by atoms with E-state index < -0.39 is 0 Å². The highest BCUT2D eigenvalue weighted by molar-refractivity contribution is 5.35. The summed E-state index contributed by atoms with van der Waals surface area (Å²) in [5.41, 5.74) is 7.18. The summed E-state index contributed by atoms with van der Waals surface area (Å²) in [6.07, 6.45) is 5.21. The molecule has 14 heavy (non-hydrogen) atoms. The number of aromatic nitrogens is 2. The molecular weight excluding hydrogens is 176 g/mol. The SMILES string of the molecule is Cc1cnnc(NCC2(N)CCC2)c1. The molecule has 0 saturated heterocycles. The van der Waals surface area contributed by atoms with E-state index in [1.165, 1.54) is 6.42 Å². The largest absolute Gasteiger partial charge is 0.367 e. The van der Waals surface area contributed by atoms with Crippen molar-refractivity contribution in [3.63, 3.8) is 0 Å². The molecule has 0 spiro atoms. The molecule has 4 heteroatoms. The summed E-state index contributed by atoms with van der Waals surface area (Å²) in [5, 5.41) is 11.1. The lowest BCUT2D eigenvalue weighted by Gasteiger charge is -2.38. The molecule has 1 aliphatic rings.